The van der Waals surface area contributed by atoms with E-state index >= 15 is 0 Å². The van der Waals surface area contributed by atoms with E-state index in [1.807, 2.05) is 24.0 Å². The molecule has 0 aromatic heterocycles. The van der Waals surface area contributed by atoms with Crippen molar-refractivity contribution < 1.29 is 18.7 Å². The summed E-state index contributed by atoms with van der Waals surface area (Å²) in [6.07, 6.45) is 0.755. The molecule has 0 radical (unpaired) electrons. The fourth-order valence-corrected chi connectivity index (χ4v) is 4.34. The van der Waals surface area contributed by atoms with Crippen molar-refractivity contribution in [3.05, 3.63) is 59.4 Å². The van der Waals surface area contributed by atoms with Crippen molar-refractivity contribution in [2.24, 2.45) is 0 Å². The van der Waals surface area contributed by atoms with E-state index in [0.717, 1.165) is 37.2 Å². The second kappa shape index (κ2) is 11.3. The summed E-state index contributed by atoms with van der Waals surface area (Å²) in [4.78, 5) is 30.8. The average molecular weight is 456 g/mol. The molecule has 178 valence electrons. The molecule has 33 heavy (non-hydrogen) atoms. The van der Waals surface area contributed by atoms with Crippen molar-refractivity contribution in [2.75, 3.05) is 37.7 Å². The third-order valence-corrected chi connectivity index (χ3v) is 6.34. The minimum Gasteiger partial charge on any atom is -0.483 e. The van der Waals surface area contributed by atoms with Crippen LogP contribution in [0.4, 0.5) is 10.1 Å². The predicted molar refractivity (Wildman–Crippen MR) is 128 cm³/mol. The zero-order valence-corrected chi connectivity index (χ0v) is 20.0. The summed E-state index contributed by atoms with van der Waals surface area (Å²) in [5.41, 5.74) is 2.45. The second-order valence-electron chi connectivity index (χ2n) is 8.60. The molecule has 2 aromatic carbocycles. The first-order valence-electron chi connectivity index (χ1n) is 11.6. The highest BCUT2D eigenvalue weighted by atomic mass is 19.1. The van der Waals surface area contributed by atoms with Gasteiger partial charge in [0.25, 0.3) is 5.91 Å². The molecule has 1 saturated heterocycles. The van der Waals surface area contributed by atoms with E-state index in [2.05, 4.69) is 30.6 Å². The van der Waals surface area contributed by atoms with Crippen LogP contribution in [0.2, 0.25) is 0 Å². The topological polar surface area (TPSA) is 53.1 Å². The number of amides is 1. The monoisotopic (exact) mass is 455 g/mol. The largest absolute Gasteiger partial charge is 0.483 e. The van der Waals surface area contributed by atoms with E-state index in [0.29, 0.717) is 24.4 Å². The number of hydrogen-bond acceptors (Lipinski definition) is 5. The first-order chi connectivity index (χ1) is 15.9. The maximum absolute atomic E-state index is 13.2. The summed E-state index contributed by atoms with van der Waals surface area (Å²) in [6.45, 7) is 11.8. The lowest BCUT2D eigenvalue weighted by atomic mass is 10.1. The lowest BCUT2D eigenvalue weighted by molar-refractivity contribution is -0.139. The molecule has 1 amide bonds. The fourth-order valence-electron chi connectivity index (χ4n) is 4.34. The minimum atomic E-state index is -0.240. The van der Waals surface area contributed by atoms with E-state index in [-0.39, 0.29) is 30.4 Å². The van der Waals surface area contributed by atoms with Crippen LogP contribution in [0.25, 0.3) is 0 Å². The summed E-state index contributed by atoms with van der Waals surface area (Å²) in [6, 6.07) is 12.2. The maximum Gasteiger partial charge on any atom is 0.260 e. The lowest BCUT2D eigenvalue weighted by Gasteiger charge is -2.44. The van der Waals surface area contributed by atoms with Crippen LogP contribution in [0, 0.1) is 5.82 Å². The summed E-state index contributed by atoms with van der Waals surface area (Å²) >= 11 is 0. The highest BCUT2D eigenvalue weighted by Gasteiger charge is 2.32. The van der Waals surface area contributed by atoms with Crippen molar-refractivity contribution in [3.8, 4) is 5.75 Å². The Labute approximate surface area is 195 Å². The van der Waals surface area contributed by atoms with E-state index in [9.17, 15) is 14.0 Å². The number of carbonyl (C=O) groups excluding carboxylic acids is 2. The molecular formula is C26H34FN3O3. The molecule has 1 aliphatic rings. The van der Waals surface area contributed by atoms with E-state index in [4.69, 9.17) is 4.74 Å². The van der Waals surface area contributed by atoms with Crippen LogP contribution in [0.15, 0.2) is 42.5 Å². The molecule has 2 unspecified atom stereocenters. The zero-order chi connectivity index (χ0) is 24.0. The molecular weight excluding hydrogens is 421 g/mol. The number of nitrogens with zero attached hydrogens (tertiary/aromatic N) is 3. The summed E-state index contributed by atoms with van der Waals surface area (Å²) in [5.74, 6) is 0.0928. The maximum atomic E-state index is 13.2. The van der Waals surface area contributed by atoms with Crippen LogP contribution >= 0.6 is 0 Å². The van der Waals surface area contributed by atoms with Crippen molar-refractivity contribution >= 4 is 17.9 Å². The Morgan fingerprint density at radius 2 is 1.79 bits per heavy atom. The molecule has 2 aromatic rings. The van der Waals surface area contributed by atoms with Gasteiger partial charge in [0.1, 0.15) is 11.6 Å². The van der Waals surface area contributed by atoms with Gasteiger partial charge in [0.05, 0.1) is 5.56 Å². The Balaban J connectivity index is 1.62. The van der Waals surface area contributed by atoms with Crippen LogP contribution < -0.4 is 9.64 Å². The number of hydrogen-bond donors (Lipinski definition) is 0. The van der Waals surface area contributed by atoms with Gasteiger partial charge in [0.2, 0.25) is 0 Å². The second-order valence-corrected chi connectivity index (χ2v) is 8.60. The lowest BCUT2D eigenvalue weighted by Crippen LogP contribution is -2.58. The highest BCUT2D eigenvalue weighted by molar-refractivity contribution is 5.82. The van der Waals surface area contributed by atoms with Crippen molar-refractivity contribution in [1.82, 2.24) is 9.80 Å². The molecule has 1 aliphatic heterocycles. The van der Waals surface area contributed by atoms with Gasteiger partial charge in [0, 0.05) is 56.6 Å². The first-order valence-corrected chi connectivity index (χ1v) is 11.6. The zero-order valence-electron chi connectivity index (χ0n) is 20.0. The Hall–Kier alpha value is -2.93. The Morgan fingerprint density at radius 1 is 1.09 bits per heavy atom. The Kier molecular flexibility index (Phi) is 8.44. The third kappa shape index (κ3) is 6.11. The van der Waals surface area contributed by atoms with Gasteiger partial charge in [-0.05, 0) is 57.5 Å². The van der Waals surface area contributed by atoms with Crippen LogP contribution in [-0.2, 0) is 11.3 Å². The first kappa shape index (κ1) is 24.7. The number of benzene rings is 2. The smallest absolute Gasteiger partial charge is 0.260 e. The van der Waals surface area contributed by atoms with Crippen molar-refractivity contribution in [1.29, 1.82) is 0 Å². The van der Waals surface area contributed by atoms with Gasteiger partial charge in [-0.25, -0.2) is 4.39 Å². The van der Waals surface area contributed by atoms with Gasteiger partial charge in [0.15, 0.2) is 12.9 Å². The molecule has 0 saturated carbocycles. The average Bonchev–Trinajstić information content (AvgIpc) is 2.82. The van der Waals surface area contributed by atoms with Crippen molar-refractivity contribution in [3.63, 3.8) is 0 Å². The van der Waals surface area contributed by atoms with Crippen LogP contribution in [0.5, 0.6) is 5.75 Å². The molecule has 2 atom stereocenters. The van der Waals surface area contributed by atoms with Gasteiger partial charge < -0.3 is 14.5 Å². The van der Waals surface area contributed by atoms with E-state index in [1.165, 1.54) is 12.1 Å². The molecule has 3 rings (SSSR count). The molecule has 7 heteroatoms. The Bertz CT molecular complexity index is 946. The standard InChI is InChI=1S/C26H34FN3O3/c1-5-28(6-2)24-12-9-22(17-31)25(13-24)33-18-26(32)30-15-19(3)29(14-20(30)4)16-21-7-10-23(27)11-8-21/h7-13,17,19-20H,5-6,14-16,18H2,1-4H3. The molecule has 0 spiro atoms. The highest BCUT2D eigenvalue weighted by Crippen LogP contribution is 2.25. The number of anilines is 1. The number of ether oxygens (including phenoxy) is 1. The van der Waals surface area contributed by atoms with E-state index < -0.39 is 0 Å². The number of piperazine rings is 1. The number of rotatable bonds is 9. The van der Waals surface area contributed by atoms with Crippen LogP contribution in [0.3, 0.4) is 0 Å². The molecule has 0 aliphatic carbocycles. The molecule has 0 bridgehead atoms. The van der Waals surface area contributed by atoms with E-state index in [1.54, 1.807) is 18.2 Å². The van der Waals surface area contributed by atoms with Gasteiger partial charge in [-0.1, -0.05) is 12.1 Å². The van der Waals surface area contributed by atoms with Gasteiger partial charge in [-0.3, -0.25) is 14.5 Å². The molecule has 1 fully saturated rings. The quantitative estimate of drug-likeness (QED) is 0.536. The molecule has 1 heterocycles. The summed E-state index contributed by atoms with van der Waals surface area (Å²) < 4.78 is 19.0. The predicted octanol–water partition coefficient (Wildman–Crippen LogP) is 3.98. The molecule has 0 N–H and O–H groups in total. The Morgan fingerprint density at radius 3 is 2.42 bits per heavy atom. The normalized spacial score (nSPS) is 18.8. The van der Waals surface area contributed by atoms with Crippen LogP contribution in [-0.4, -0.2) is 66.9 Å². The minimum absolute atomic E-state index is 0.0188. The van der Waals surface area contributed by atoms with Crippen LogP contribution in [0.1, 0.15) is 43.6 Å². The fraction of sp³-hybridized carbons (Fsp3) is 0.462. The number of halogens is 1. The van der Waals surface area contributed by atoms with Gasteiger partial charge in [-0.15, -0.1) is 0 Å². The summed E-state index contributed by atoms with van der Waals surface area (Å²) in [5, 5.41) is 0. The summed E-state index contributed by atoms with van der Waals surface area (Å²) in [7, 11) is 0. The number of aldehydes is 1. The van der Waals surface area contributed by atoms with Gasteiger partial charge >= 0.3 is 0 Å². The molecule has 6 nitrogen and oxygen atoms in total. The number of carbonyl (C=O) groups is 2. The SMILES string of the molecule is CCN(CC)c1ccc(C=O)c(OCC(=O)N2CC(C)N(Cc3ccc(F)cc3)CC2C)c1. The van der Waals surface area contributed by atoms with Gasteiger partial charge in [-0.2, -0.15) is 0 Å². The van der Waals surface area contributed by atoms with Crippen molar-refractivity contribution in [2.45, 2.75) is 46.3 Å². The third-order valence-electron chi connectivity index (χ3n) is 6.34.